The van der Waals surface area contributed by atoms with Gasteiger partial charge in [-0.1, -0.05) is 20.8 Å². The van der Waals surface area contributed by atoms with Crippen molar-refractivity contribution < 1.29 is 27.5 Å². The summed E-state index contributed by atoms with van der Waals surface area (Å²) in [4.78, 5) is 24.9. The highest BCUT2D eigenvalue weighted by atomic mass is 35.5. The number of hydrogen-bond acceptors (Lipinski definition) is 3. The predicted octanol–water partition coefficient (Wildman–Crippen LogP) is 3.62. The van der Waals surface area contributed by atoms with Crippen molar-refractivity contribution in [1.82, 2.24) is 4.90 Å². The molecule has 1 amide bonds. The van der Waals surface area contributed by atoms with Gasteiger partial charge in [0, 0.05) is 30.5 Å². The maximum atomic E-state index is 13.2. The van der Waals surface area contributed by atoms with E-state index in [1.807, 2.05) is 13.8 Å². The summed E-state index contributed by atoms with van der Waals surface area (Å²) in [6.45, 7) is 6.29. The van der Waals surface area contributed by atoms with Crippen LogP contribution in [0.5, 0.6) is 0 Å². The molecule has 0 bridgehead atoms. The van der Waals surface area contributed by atoms with Gasteiger partial charge in [-0.15, -0.1) is 0 Å². The van der Waals surface area contributed by atoms with E-state index in [9.17, 15) is 22.8 Å². The fourth-order valence-corrected chi connectivity index (χ4v) is 4.53. The Morgan fingerprint density at radius 2 is 1.88 bits per heavy atom. The van der Waals surface area contributed by atoms with E-state index in [1.165, 1.54) is 0 Å². The quantitative estimate of drug-likeness (QED) is 0.696. The van der Waals surface area contributed by atoms with Crippen LogP contribution >= 0.6 is 11.6 Å². The fraction of sp³-hybridized carbons (Fsp3) is 0.882. The molecule has 1 heterocycles. The zero-order valence-corrected chi connectivity index (χ0v) is 15.4. The minimum Gasteiger partial charge on any atom is -0.381 e. The molecule has 1 aliphatic carbocycles. The van der Waals surface area contributed by atoms with Crippen molar-refractivity contribution in [3.8, 4) is 0 Å². The van der Waals surface area contributed by atoms with E-state index >= 15 is 0 Å². The molecule has 0 radical (unpaired) electrons. The maximum Gasteiger partial charge on any atom is 0.471 e. The Labute approximate surface area is 151 Å². The molecule has 0 aromatic rings. The number of carbonyl (C=O) groups is 2. The van der Waals surface area contributed by atoms with Crippen molar-refractivity contribution in [2.75, 3.05) is 13.2 Å². The molecule has 2 fully saturated rings. The molecular weight excluding hydrogens is 359 g/mol. The third kappa shape index (κ3) is 4.48. The molecule has 2 aliphatic rings. The normalized spacial score (nSPS) is 33.5. The van der Waals surface area contributed by atoms with Gasteiger partial charge in [-0.2, -0.15) is 13.2 Å². The molecule has 25 heavy (non-hydrogen) atoms. The molecule has 1 aliphatic heterocycles. The SMILES string of the molecule is CC(C)C1CC(N(C(=O)C(F)(F)F)C2CCOCC2C)CC1C(=O)Cl. The smallest absolute Gasteiger partial charge is 0.381 e. The molecule has 1 saturated carbocycles. The van der Waals surface area contributed by atoms with Gasteiger partial charge in [0.1, 0.15) is 0 Å². The first-order valence-electron chi connectivity index (χ1n) is 8.70. The number of alkyl halides is 3. The highest BCUT2D eigenvalue weighted by Gasteiger charge is 2.52. The van der Waals surface area contributed by atoms with Gasteiger partial charge >= 0.3 is 12.1 Å². The average molecular weight is 384 g/mol. The highest BCUT2D eigenvalue weighted by molar-refractivity contribution is 6.64. The van der Waals surface area contributed by atoms with Crippen LogP contribution in [0.25, 0.3) is 0 Å². The molecule has 0 N–H and O–H groups in total. The second-order valence-electron chi connectivity index (χ2n) is 7.56. The van der Waals surface area contributed by atoms with Crippen LogP contribution in [0.2, 0.25) is 0 Å². The van der Waals surface area contributed by atoms with Crippen LogP contribution in [0.3, 0.4) is 0 Å². The Morgan fingerprint density at radius 3 is 2.32 bits per heavy atom. The summed E-state index contributed by atoms with van der Waals surface area (Å²) in [5.41, 5.74) is 0. The van der Waals surface area contributed by atoms with Gasteiger partial charge < -0.3 is 9.64 Å². The Balaban J connectivity index is 2.32. The lowest BCUT2D eigenvalue weighted by Gasteiger charge is -2.42. The van der Waals surface area contributed by atoms with E-state index in [0.29, 0.717) is 26.1 Å². The molecule has 0 aromatic heterocycles. The molecule has 144 valence electrons. The lowest BCUT2D eigenvalue weighted by atomic mass is 9.87. The molecule has 4 nitrogen and oxygen atoms in total. The second-order valence-corrected chi connectivity index (χ2v) is 7.93. The highest BCUT2D eigenvalue weighted by Crippen LogP contribution is 2.43. The Hall–Kier alpha value is -0.820. The Bertz CT molecular complexity index is 512. The van der Waals surface area contributed by atoms with E-state index in [4.69, 9.17) is 16.3 Å². The molecule has 8 heteroatoms. The lowest BCUT2D eigenvalue weighted by molar-refractivity contribution is -0.194. The second kappa shape index (κ2) is 7.82. The number of hydrogen-bond donors (Lipinski definition) is 0. The van der Waals surface area contributed by atoms with Crippen LogP contribution in [0, 0.1) is 23.7 Å². The summed E-state index contributed by atoms with van der Waals surface area (Å²) >= 11 is 5.69. The Kier molecular flexibility index (Phi) is 6.41. The fourth-order valence-electron chi connectivity index (χ4n) is 4.28. The summed E-state index contributed by atoms with van der Waals surface area (Å²) in [5.74, 6) is -2.53. The maximum absolute atomic E-state index is 13.2. The zero-order valence-electron chi connectivity index (χ0n) is 14.7. The third-order valence-corrected chi connectivity index (χ3v) is 5.84. The third-order valence-electron chi connectivity index (χ3n) is 5.56. The summed E-state index contributed by atoms with van der Waals surface area (Å²) in [6, 6.07) is -1.16. The van der Waals surface area contributed by atoms with Crippen LogP contribution in [-0.4, -0.2) is 47.5 Å². The summed E-state index contributed by atoms with van der Waals surface area (Å²) in [7, 11) is 0. The van der Waals surface area contributed by atoms with E-state index in [2.05, 4.69) is 0 Å². The number of amides is 1. The first-order valence-corrected chi connectivity index (χ1v) is 9.08. The van der Waals surface area contributed by atoms with Crippen molar-refractivity contribution in [2.24, 2.45) is 23.7 Å². The molecule has 2 rings (SSSR count). The average Bonchev–Trinajstić information content (AvgIpc) is 2.94. The summed E-state index contributed by atoms with van der Waals surface area (Å²) < 4.78 is 45.0. The zero-order chi connectivity index (χ0) is 18.9. The van der Waals surface area contributed by atoms with Crippen LogP contribution in [-0.2, 0) is 14.3 Å². The van der Waals surface area contributed by atoms with Gasteiger partial charge in [-0.05, 0) is 42.7 Å². The lowest BCUT2D eigenvalue weighted by Crippen LogP contribution is -2.56. The number of nitrogens with zero attached hydrogens (tertiary/aromatic N) is 1. The van der Waals surface area contributed by atoms with Crippen molar-refractivity contribution in [2.45, 2.75) is 58.3 Å². The first kappa shape index (κ1) is 20.5. The van der Waals surface area contributed by atoms with Crippen molar-refractivity contribution in [1.29, 1.82) is 0 Å². The van der Waals surface area contributed by atoms with Crippen LogP contribution in [0.1, 0.15) is 40.0 Å². The minimum absolute atomic E-state index is 0.104. The standard InChI is InChI=1S/C17H25ClF3NO3/c1-9(2)12-6-11(7-13(12)15(18)23)22(16(24)17(19,20)21)14-4-5-25-8-10(14)3/h9-14H,4-8H2,1-3H3. The van der Waals surface area contributed by atoms with Crippen molar-refractivity contribution in [3.63, 3.8) is 0 Å². The molecule has 0 aromatic carbocycles. The van der Waals surface area contributed by atoms with E-state index < -0.39 is 35.3 Å². The predicted molar refractivity (Wildman–Crippen MR) is 87.0 cm³/mol. The number of carbonyl (C=O) groups excluding carboxylic acids is 2. The van der Waals surface area contributed by atoms with E-state index in [0.717, 1.165) is 4.90 Å². The summed E-state index contributed by atoms with van der Waals surface area (Å²) in [6.07, 6.45) is -4.01. The first-order chi connectivity index (χ1) is 11.5. The molecule has 1 saturated heterocycles. The van der Waals surface area contributed by atoms with Crippen LogP contribution in [0.4, 0.5) is 13.2 Å². The molecular formula is C17H25ClF3NO3. The molecule has 0 spiro atoms. The van der Waals surface area contributed by atoms with Crippen LogP contribution in [0.15, 0.2) is 0 Å². The van der Waals surface area contributed by atoms with Crippen molar-refractivity contribution >= 4 is 22.8 Å². The van der Waals surface area contributed by atoms with Gasteiger partial charge in [0.15, 0.2) is 0 Å². The van der Waals surface area contributed by atoms with Gasteiger partial charge in [0.05, 0.1) is 6.61 Å². The van der Waals surface area contributed by atoms with Gasteiger partial charge in [0.25, 0.3) is 0 Å². The van der Waals surface area contributed by atoms with Gasteiger partial charge in [-0.25, -0.2) is 0 Å². The van der Waals surface area contributed by atoms with Crippen molar-refractivity contribution in [3.05, 3.63) is 0 Å². The molecule has 5 unspecified atom stereocenters. The minimum atomic E-state index is -4.94. The Morgan fingerprint density at radius 1 is 1.24 bits per heavy atom. The largest absolute Gasteiger partial charge is 0.471 e. The topological polar surface area (TPSA) is 46.6 Å². The monoisotopic (exact) mass is 383 g/mol. The van der Waals surface area contributed by atoms with E-state index in [1.54, 1.807) is 6.92 Å². The number of ether oxygens (including phenoxy) is 1. The molecule has 5 atom stereocenters. The number of halogens is 4. The van der Waals surface area contributed by atoms with Crippen LogP contribution < -0.4 is 0 Å². The van der Waals surface area contributed by atoms with Gasteiger partial charge in [-0.3, -0.25) is 9.59 Å². The summed E-state index contributed by atoms with van der Waals surface area (Å²) in [5, 5.41) is -0.527. The number of rotatable bonds is 4. The van der Waals surface area contributed by atoms with E-state index in [-0.39, 0.29) is 24.2 Å². The van der Waals surface area contributed by atoms with Gasteiger partial charge in [0.2, 0.25) is 5.24 Å².